The molecule has 0 spiro atoms. The Morgan fingerprint density at radius 3 is 1.87 bits per heavy atom. The van der Waals surface area contributed by atoms with Crippen molar-refractivity contribution in [2.75, 3.05) is 0 Å². The Morgan fingerprint density at radius 2 is 1.39 bits per heavy atom. The van der Waals surface area contributed by atoms with E-state index < -0.39 is 0 Å². The van der Waals surface area contributed by atoms with Gasteiger partial charge in [0.1, 0.15) is 0 Å². The normalized spacial score (nSPS) is 12.4. The van der Waals surface area contributed by atoms with E-state index in [-0.39, 0.29) is 10.8 Å². The summed E-state index contributed by atoms with van der Waals surface area (Å²) in [5.74, 6) is 0. The molecule has 0 aliphatic heterocycles. The van der Waals surface area contributed by atoms with Gasteiger partial charge in [0.25, 0.3) is 0 Å². The number of aromatic nitrogens is 1. The lowest BCUT2D eigenvalue weighted by molar-refractivity contribution is -0.598. The van der Waals surface area contributed by atoms with Gasteiger partial charge in [-0.3, -0.25) is 0 Å². The first-order valence-electron chi connectivity index (χ1n) is 11.8. The Hall–Kier alpha value is -1.93. The van der Waals surface area contributed by atoms with Crippen LogP contribution in [-0.2, 0) is 30.1 Å². The molecular weight excluding hydrogens is 394 g/mol. The Balaban J connectivity index is 2.36. The minimum Gasteiger partial charge on any atom is -0.153 e. The summed E-state index contributed by atoms with van der Waals surface area (Å²) in [4.78, 5) is 1.50. The van der Waals surface area contributed by atoms with Crippen molar-refractivity contribution in [3.63, 3.8) is 0 Å². The monoisotopic (exact) mass is 434 g/mol. The molecule has 3 rings (SSSR count). The van der Waals surface area contributed by atoms with Crippen molar-refractivity contribution in [1.29, 1.82) is 0 Å². The molecule has 0 saturated carbocycles. The number of rotatable bonds is 5. The number of thiazole rings is 1. The van der Waals surface area contributed by atoms with Crippen molar-refractivity contribution < 1.29 is 4.57 Å². The van der Waals surface area contributed by atoms with Crippen LogP contribution in [0.1, 0.15) is 89.6 Å². The number of hydrogen-bond acceptors (Lipinski definition) is 1. The highest BCUT2D eigenvalue weighted by molar-refractivity contribution is 7.09. The number of hydrogen-bond donors (Lipinski definition) is 0. The van der Waals surface area contributed by atoms with Crippen LogP contribution in [0.25, 0.3) is 16.8 Å². The van der Waals surface area contributed by atoms with E-state index in [9.17, 15) is 0 Å². The van der Waals surface area contributed by atoms with Crippen LogP contribution < -0.4 is 4.57 Å². The van der Waals surface area contributed by atoms with Crippen molar-refractivity contribution in [2.45, 2.75) is 92.4 Å². The van der Waals surface area contributed by atoms with Gasteiger partial charge >= 0.3 is 0 Å². The minimum atomic E-state index is 0.109. The predicted octanol–water partition coefficient (Wildman–Crippen LogP) is 7.97. The second kappa shape index (κ2) is 8.90. The summed E-state index contributed by atoms with van der Waals surface area (Å²) in [5.41, 5.74) is 12.3. The first-order chi connectivity index (χ1) is 14.5. The van der Waals surface area contributed by atoms with Crippen LogP contribution in [0.2, 0.25) is 0 Å². The molecular formula is C29H40NS+. The van der Waals surface area contributed by atoms with Gasteiger partial charge in [-0.2, -0.15) is 4.57 Å². The lowest BCUT2D eigenvalue weighted by atomic mass is 9.78. The third kappa shape index (κ3) is 4.80. The van der Waals surface area contributed by atoms with E-state index in [0.717, 1.165) is 19.3 Å². The Kier molecular flexibility index (Phi) is 6.81. The second-order valence-electron chi connectivity index (χ2n) is 10.6. The predicted molar refractivity (Wildman–Crippen MR) is 137 cm³/mol. The molecule has 1 heterocycles. The molecule has 0 aliphatic carbocycles. The Bertz CT molecular complexity index is 1030. The molecule has 0 aliphatic rings. The molecule has 166 valence electrons. The summed E-state index contributed by atoms with van der Waals surface area (Å²) in [6.07, 6.45) is 3.18. The van der Waals surface area contributed by atoms with Crippen LogP contribution in [0, 0.1) is 0 Å². The highest BCUT2D eigenvalue weighted by Gasteiger charge is 2.27. The molecule has 3 aromatic rings. The maximum absolute atomic E-state index is 2.48. The van der Waals surface area contributed by atoms with Gasteiger partial charge in [-0.15, -0.1) is 0 Å². The molecule has 2 heteroatoms. The molecule has 1 nitrogen and oxygen atoms in total. The fourth-order valence-corrected chi connectivity index (χ4v) is 5.28. The SMILES string of the molecule is CCc1cccc(-c2cc(C(C)(C)C)cc(C(C)(C)C)c2)c1-[n+]1csc(CC)c1CC. The van der Waals surface area contributed by atoms with Gasteiger partial charge in [0.2, 0.25) is 16.9 Å². The third-order valence-electron chi connectivity index (χ3n) is 6.29. The summed E-state index contributed by atoms with van der Waals surface area (Å²) < 4.78 is 2.48. The molecule has 31 heavy (non-hydrogen) atoms. The second-order valence-corrected chi connectivity index (χ2v) is 11.6. The fourth-order valence-electron chi connectivity index (χ4n) is 4.27. The molecule has 0 unspecified atom stereocenters. The molecule has 0 bridgehead atoms. The van der Waals surface area contributed by atoms with Crippen molar-refractivity contribution in [3.05, 3.63) is 69.2 Å². The maximum Gasteiger partial charge on any atom is 0.231 e. The highest BCUT2D eigenvalue weighted by Crippen LogP contribution is 2.36. The summed E-state index contributed by atoms with van der Waals surface area (Å²) in [6, 6.07) is 14.1. The zero-order chi connectivity index (χ0) is 23.0. The van der Waals surface area contributed by atoms with Crippen LogP contribution in [-0.4, -0.2) is 0 Å². The number of nitrogens with zero attached hydrogens (tertiary/aromatic N) is 1. The zero-order valence-corrected chi connectivity index (χ0v) is 21.8. The average molecular weight is 435 g/mol. The smallest absolute Gasteiger partial charge is 0.153 e. The van der Waals surface area contributed by atoms with Crippen LogP contribution in [0.3, 0.4) is 0 Å². The summed E-state index contributed by atoms with van der Waals surface area (Å²) in [7, 11) is 0. The van der Waals surface area contributed by atoms with Crippen molar-refractivity contribution >= 4 is 11.3 Å². The van der Waals surface area contributed by atoms with E-state index in [0.29, 0.717) is 0 Å². The third-order valence-corrected chi connectivity index (χ3v) is 7.41. The van der Waals surface area contributed by atoms with Crippen molar-refractivity contribution in [1.82, 2.24) is 0 Å². The van der Waals surface area contributed by atoms with E-state index in [1.54, 1.807) is 0 Å². The Labute approximate surface area is 194 Å². The topological polar surface area (TPSA) is 3.88 Å². The molecule has 0 N–H and O–H groups in total. The van der Waals surface area contributed by atoms with Crippen molar-refractivity contribution in [2.24, 2.45) is 0 Å². The highest BCUT2D eigenvalue weighted by atomic mass is 32.1. The largest absolute Gasteiger partial charge is 0.231 e. The van der Waals surface area contributed by atoms with Gasteiger partial charge < -0.3 is 0 Å². The molecule has 0 saturated heterocycles. The standard InChI is InChI=1S/C29H40NS/c1-10-20-14-13-15-24(27(20)30-19-31-26(12-3)25(30)11-2)21-16-22(28(4,5)6)18-23(17-21)29(7,8)9/h13-19H,10-12H2,1-9H3/q+1. The fraction of sp³-hybridized carbons (Fsp3) is 0.483. The van der Waals surface area contributed by atoms with E-state index in [1.165, 1.54) is 44.1 Å². The van der Waals surface area contributed by atoms with E-state index >= 15 is 0 Å². The maximum atomic E-state index is 2.48. The van der Waals surface area contributed by atoms with Crippen LogP contribution in [0.5, 0.6) is 0 Å². The molecule has 0 atom stereocenters. The van der Waals surface area contributed by atoms with E-state index in [1.807, 2.05) is 11.3 Å². The first kappa shape index (κ1) is 23.7. The lowest BCUT2D eigenvalue weighted by Crippen LogP contribution is -2.35. The van der Waals surface area contributed by atoms with Gasteiger partial charge in [0.05, 0.1) is 10.4 Å². The van der Waals surface area contributed by atoms with E-state index in [2.05, 4.69) is 109 Å². The quantitative estimate of drug-likeness (QED) is 0.358. The molecule has 1 aromatic heterocycles. The average Bonchev–Trinajstić information content (AvgIpc) is 3.14. The molecule has 0 radical (unpaired) electrons. The van der Waals surface area contributed by atoms with Crippen LogP contribution >= 0.6 is 11.3 Å². The number of para-hydroxylation sites is 1. The summed E-state index contributed by atoms with van der Waals surface area (Å²) in [5, 5.41) is 0. The summed E-state index contributed by atoms with van der Waals surface area (Å²) >= 11 is 1.90. The van der Waals surface area contributed by atoms with Gasteiger partial charge in [-0.05, 0) is 46.4 Å². The van der Waals surface area contributed by atoms with Gasteiger partial charge in [0, 0.05) is 12.0 Å². The van der Waals surface area contributed by atoms with Gasteiger partial charge in [0.15, 0.2) is 0 Å². The molecule has 0 fully saturated rings. The zero-order valence-electron chi connectivity index (χ0n) is 21.0. The van der Waals surface area contributed by atoms with Crippen molar-refractivity contribution in [3.8, 4) is 16.8 Å². The summed E-state index contributed by atoms with van der Waals surface area (Å²) in [6.45, 7) is 20.7. The lowest BCUT2D eigenvalue weighted by Gasteiger charge is -2.26. The number of benzene rings is 2. The Morgan fingerprint density at radius 1 is 0.774 bits per heavy atom. The minimum absolute atomic E-state index is 0.109. The van der Waals surface area contributed by atoms with Gasteiger partial charge in [-0.25, -0.2) is 0 Å². The van der Waals surface area contributed by atoms with Gasteiger partial charge in [-0.1, -0.05) is 104 Å². The number of aryl methyl sites for hydroxylation is 2. The van der Waals surface area contributed by atoms with E-state index in [4.69, 9.17) is 0 Å². The van der Waals surface area contributed by atoms with Crippen LogP contribution in [0.15, 0.2) is 41.9 Å². The first-order valence-corrected chi connectivity index (χ1v) is 12.7. The molecule has 0 amide bonds. The molecule has 2 aromatic carbocycles. The van der Waals surface area contributed by atoms with Crippen LogP contribution in [0.4, 0.5) is 0 Å².